The number of halogens is 1. The van der Waals surface area contributed by atoms with Gasteiger partial charge in [-0.3, -0.25) is 4.79 Å². The largest absolute Gasteiger partial charge is 0.347 e. The first-order chi connectivity index (χ1) is 15.4. The molecule has 1 aromatic carbocycles. The van der Waals surface area contributed by atoms with E-state index in [9.17, 15) is 13.2 Å². The zero-order valence-electron chi connectivity index (χ0n) is 17.0. The molecule has 0 aliphatic heterocycles. The number of amides is 1. The normalized spacial score (nSPS) is 18.2. The molecule has 2 atom stereocenters. The quantitative estimate of drug-likeness (QED) is 0.415. The SMILES string of the molecule is O=C(N[C@@H]1Cc2ccccc2[C@@H]1CS(=O)(=O)CCn1ccnc1)c1cc2cc(Cl)sc2[nH]1. The number of nitrogens with zero attached hydrogens (tertiary/aromatic N) is 2. The van der Waals surface area contributed by atoms with Crippen LogP contribution in [0.3, 0.4) is 0 Å². The van der Waals surface area contributed by atoms with Gasteiger partial charge in [-0.05, 0) is 29.7 Å². The molecular weight excluding hydrogens is 468 g/mol. The number of aromatic amines is 1. The van der Waals surface area contributed by atoms with Crippen LogP contribution in [0.2, 0.25) is 4.34 Å². The van der Waals surface area contributed by atoms with Gasteiger partial charge in [0.15, 0.2) is 9.84 Å². The summed E-state index contributed by atoms with van der Waals surface area (Å²) in [4.78, 5) is 20.9. The first kappa shape index (κ1) is 21.2. The van der Waals surface area contributed by atoms with Crippen LogP contribution in [-0.4, -0.2) is 46.4 Å². The van der Waals surface area contributed by atoms with E-state index < -0.39 is 9.84 Å². The summed E-state index contributed by atoms with van der Waals surface area (Å²) in [5.41, 5.74) is 2.51. The standard InChI is InChI=1S/C22H21ClN4O3S2/c23-20-11-15-10-19(26-22(15)31-20)21(28)25-18-9-14-3-1-2-4-16(14)17(18)12-32(29,30)8-7-27-6-5-24-13-27/h1-6,10-11,13,17-18,26H,7-9,12H2,(H,25,28)/t17-,18+/m0/s1. The molecule has 0 saturated carbocycles. The number of hydrogen-bond acceptors (Lipinski definition) is 5. The Balaban J connectivity index is 1.34. The molecular formula is C22H21ClN4O3S2. The molecule has 0 fully saturated rings. The predicted molar refractivity (Wildman–Crippen MR) is 126 cm³/mol. The molecule has 32 heavy (non-hydrogen) atoms. The number of carbonyl (C=O) groups is 1. The van der Waals surface area contributed by atoms with E-state index in [1.807, 2.05) is 30.3 Å². The summed E-state index contributed by atoms with van der Waals surface area (Å²) in [6.07, 6.45) is 5.59. The van der Waals surface area contributed by atoms with E-state index in [-0.39, 0.29) is 29.4 Å². The summed E-state index contributed by atoms with van der Waals surface area (Å²) in [5, 5.41) is 3.96. The topological polar surface area (TPSA) is 96.8 Å². The summed E-state index contributed by atoms with van der Waals surface area (Å²) in [6.45, 7) is 0.357. The maximum absolute atomic E-state index is 13.0. The number of benzene rings is 1. The number of aryl methyl sites for hydroxylation is 1. The van der Waals surface area contributed by atoms with Crippen molar-refractivity contribution in [2.24, 2.45) is 0 Å². The van der Waals surface area contributed by atoms with Gasteiger partial charge in [0.25, 0.3) is 5.91 Å². The first-order valence-electron chi connectivity index (χ1n) is 10.2. The minimum atomic E-state index is -3.35. The van der Waals surface area contributed by atoms with Crippen LogP contribution >= 0.6 is 22.9 Å². The van der Waals surface area contributed by atoms with Gasteiger partial charge in [-0.15, -0.1) is 11.3 Å². The van der Waals surface area contributed by atoms with Crippen molar-refractivity contribution in [2.45, 2.75) is 24.9 Å². The molecule has 1 aliphatic rings. The third-order valence-electron chi connectivity index (χ3n) is 5.87. The summed E-state index contributed by atoms with van der Waals surface area (Å²) in [6, 6.07) is 11.1. The van der Waals surface area contributed by atoms with Crippen LogP contribution in [0.5, 0.6) is 0 Å². The first-order valence-corrected chi connectivity index (χ1v) is 13.2. The molecule has 10 heteroatoms. The van der Waals surface area contributed by atoms with Gasteiger partial charge in [0.2, 0.25) is 0 Å². The number of carbonyl (C=O) groups excluding carboxylic acids is 1. The lowest BCUT2D eigenvalue weighted by molar-refractivity contribution is 0.0930. The van der Waals surface area contributed by atoms with Crippen LogP contribution in [-0.2, 0) is 22.8 Å². The van der Waals surface area contributed by atoms with E-state index in [2.05, 4.69) is 15.3 Å². The van der Waals surface area contributed by atoms with Crippen molar-refractivity contribution in [3.8, 4) is 0 Å². The van der Waals surface area contributed by atoms with Crippen LogP contribution < -0.4 is 5.32 Å². The molecule has 7 nitrogen and oxygen atoms in total. The monoisotopic (exact) mass is 488 g/mol. The van der Waals surface area contributed by atoms with Gasteiger partial charge < -0.3 is 14.9 Å². The van der Waals surface area contributed by atoms with Gasteiger partial charge in [0.05, 0.1) is 22.2 Å². The van der Waals surface area contributed by atoms with Crippen molar-refractivity contribution < 1.29 is 13.2 Å². The number of imidazole rings is 1. The van der Waals surface area contributed by atoms with Crippen LogP contribution in [0.15, 0.2) is 55.1 Å². The molecule has 0 unspecified atom stereocenters. The number of rotatable bonds is 7. The Kier molecular flexibility index (Phi) is 5.56. The summed E-state index contributed by atoms with van der Waals surface area (Å²) in [5.74, 6) is -0.535. The molecule has 0 spiro atoms. The molecule has 2 N–H and O–H groups in total. The molecule has 3 aromatic heterocycles. The van der Waals surface area contributed by atoms with Crippen molar-refractivity contribution in [1.29, 1.82) is 0 Å². The number of hydrogen-bond donors (Lipinski definition) is 2. The van der Waals surface area contributed by atoms with Crippen molar-refractivity contribution >= 4 is 48.9 Å². The number of H-pyrrole nitrogens is 1. The molecule has 166 valence electrons. The number of thiophene rings is 1. The van der Waals surface area contributed by atoms with Crippen LogP contribution in [0, 0.1) is 0 Å². The van der Waals surface area contributed by atoms with Crippen molar-refractivity contribution in [2.75, 3.05) is 11.5 Å². The maximum Gasteiger partial charge on any atom is 0.268 e. The van der Waals surface area contributed by atoms with Gasteiger partial charge in [0.1, 0.15) is 10.5 Å². The second-order valence-corrected chi connectivity index (χ2v) is 11.9. The second kappa shape index (κ2) is 8.38. The molecule has 0 saturated heterocycles. The lowest BCUT2D eigenvalue weighted by atomic mass is 10.0. The molecule has 5 rings (SSSR count). The minimum Gasteiger partial charge on any atom is -0.347 e. The Morgan fingerprint density at radius 3 is 2.94 bits per heavy atom. The van der Waals surface area contributed by atoms with E-state index in [1.165, 1.54) is 11.3 Å². The third kappa shape index (κ3) is 4.32. The lowest BCUT2D eigenvalue weighted by Crippen LogP contribution is -2.40. The van der Waals surface area contributed by atoms with E-state index in [4.69, 9.17) is 11.6 Å². The van der Waals surface area contributed by atoms with E-state index in [0.29, 0.717) is 23.0 Å². The highest BCUT2D eigenvalue weighted by Crippen LogP contribution is 2.35. The Morgan fingerprint density at radius 1 is 1.31 bits per heavy atom. The van der Waals surface area contributed by atoms with Crippen molar-refractivity contribution in [3.05, 3.63) is 76.3 Å². The van der Waals surface area contributed by atoms with E-state index >= 15 is 0 Å². The molecule has 0 bridgehead atoms. The van der Waals surface area contributed by atoms with Crippen LogP contribution in [0.4, 0.5) is 0 Å². The van der Waals surface area contributed by atoms with Gasteiger partial charge in [-0.2, -0.15) is 0 Å². The fourth-order valence-corrected chi connectivity index (χ4v) is 7.06. The fourth-order valence-electron chi connectivity index (χ4n) is 4.32. The lowest BCUT2D eigenvalue weighted by Gasteiger charge is -2.22. The number of fused-ring (bicyclic) bond motifs is 2. The second-order valence-electron chi connectivity index (χ2n) is 8.02. The Hall–Kier alpha value is -2.62. The van der Waals surface area contributed by atoms with Crippen molar-refractivity contribution in [1.82, 2.24) is 19.9 Å². The maximum atomic E-state index is 13.0. The fraction of sp³-hybridized carbons (Fsp3) is 0.273. The average molecular weight is 489 g/mol. The number of nitrogens with one attached hydrogen (secondary N) is 2. The van der Waals surface area contributed by atoms with Gasteiger partial charge in [-0.25, -0.2) is 13.4 Å². The van der Waals surface area contributed by atoms with Crippen molar-refractivity contribution in [3.63, 3.8) is 0 Å². The molecule has 3 heterocycles. The highest BCUT2D eigenvalue weighted by atomic mass is 35.5. The predicted octanol–water partition coefficient (Wildman–Crippen LogP) is 3.63. The Bertz CT molecular complexity index is 1340. The highest BCUT2D eigenvalue weighted by molar-refractivity contribution is 7.91. The zero-order valence-corrected chi connectivity index (χ0v) is 19.4. The highest BCUT2D eigenvalue weighted by Gasteiger charge is 2.36. The summed E-state index contributed by atoms with van der Waals surface area (Å²) >= 11 is 7.40. The average Bonchev–Trinajstić information content (AvgIpc) is 3.51. The van der Waals surface area contributed by atoms with Gasteiger partial charge in [-0.1, -0.05) is 35.9 Å². The Labute approximate surface area is 194 Å². The molecule has 4 aromatic rings. The third-order valence-corrected chi connectivity index (χ3v) is 8.74. The Morgan fingerprint density at radius 2 is 2.16 bits per heavy atom. The molecule has 1 aliphatic carbocycles. The number of sulfone groups is 1. The zero-order chi connectivity index (χ0) is 22.3. The van der Waals surface area contributed by atoms with E-state index in [0.717, 1.165) is 21.3 Å². The number of aromatic nitrogens is 3. The minimum absolute atomic E-state index is 0.0148. The summed E-state index contributed by atoms with van der Waals surface area (Å²) < 4.78 is 28.3. The smallest absolute Gasteiger partial charge is 0.268 e. The van der Waals surface area contributed by atoms with Gasteiger partial charge in [0, 0.05) is 36.3 Å². The van der Waals surface area contributed by atoms with Crippen LogP contribution in [0.1, 0.15) is 27.5 Å². The van der Waals surface area contributed by atoms with E-state index in [1.54, 1.807) is 29.4 Å². The van der Waals surface area contributed by atoms with Crippen LogP contribution in [0.25, 0.3) is 10.2 Å². The summed E-state index contributed by atoms with van der Waals surface area (Å²) in [7, 11) is -3.35. The van der Waals surface area contributed by atoms with Gasteiger partial charge >= 0.3 is 0 Å². The molecule has 1 amide bonds. The molecule has 0 radical (unpaired) electrons.